The molecule has 1 saturated heterocycles. The first-order valence-corrected chi connectivity index (χ1v) is 10.5. The van der Waals surface area contributed by atoms with Crippen LogP contribution < -0.4 is 5.32 Å². The topological polar surface area (TPSA) is 83.7 Å². The summed E-state index contributed by atoms with van der Waals surface area (Å²) >= 11 is 3.41. The number of ether oxygens (including phenoxy) is 2. The molecule has 156 valence electrons. The van der Waals surface area contributed by atoms with Gasteiger partial charge in [-0.3, -0.25) is 9.69 Å². The van der Waals surface area contributed by atoms with Gasteiger partial charge in [-0.05, 0) is 39.7 Å². The maximum atomic E-state index is 12.3. The number of H-pyrrole nitrogens is 1. The van der Waals surface area contributed by atoms with Crippen LogP contribution in [0.5, 0.6) is 0 Å². The standard InChI is InChI=1S/C22H22BrN3O4/c23-20-17-3-1-2-4-18(17)25-21(20)22(28)30-14-19(27)24-16-7-5-15(6-8-16)13-26-9-11-29-12-10-26/h1-8,25H,9-14H2,(H,24,27). The van der Waals surface area contributed by atoms with Crippen molar-refractivity contribution < 1.29 is 19.1 Å². The van der Waals surface area contributed by atoms with Gasteiger partial charge in [-0.1, -0.05) is 30.3 Å². The summed E-state index contributed by atoms with van der Waals surface area (Å²) in [5.41, 5.74) is 2.94. The Morgan fingerprint density at radius 2 is 1.83 bits per heavy atom. The fourth-order valence-corrected chi connectivity index (χ4v) is 3.97. The van der Waals surface area contributed by atoms with Crippen LogP contribution in [-0.4, -0.2) is 54.7 Å². The summed E-state index contributed by atoms with van der Waals surface area (Å²) in [7, 11) is 0. The van der Waals surface area contributed by atoms with E-state index in [4.69, 9.17) is 9.47 Å². The number of hydrogen-bond donors (Lipinski definition) is 2. The van der Waals surface area contributed by atoms with Gasteiger partial charge in [0, 0.05) is 36.2 Å². The highest BCUT2D eigenvalue weighted by Crippen LogP contribution is 2.28. The van der Waals surface area contributed by atoms with Gasteiger partial charge in [-0.2, -0.15) is 0 Å². The van der Waals surface area contributed by atoms with Crippen LogP contribution in [0.25, 0.3) is 10.9 Å². The van der Waals surface area contributed by atoms with Gasteiger partial charge in [0.1, 0.15) is 5.69 Å². The summed E-state index contributed by atoms with van der Waals surface area (Å²) in [6.45, 7) is 3.88. The van der Waals surface area contributed by atoms with E-state index in [-0.39, 0.29) is 12.3 Å². The molecule has 1 fully saturated rings. The molecular formula is C22H22BrN3O4. The summed E-state index contributed by atoms with van der Waals surface area (Å²) in [4.78, 5) is 29.9. The molecule has 1 aromatic heterocycles. The van der Waals surface area contributed by atoms with Gasteiger partial charge in [-0.15, -0.1) is 0 Å². The lowest BCUT2D eigenvalue weighted by atomic mass is 10.2. The Morgan fingerprint density at radius 1 is 1.10 bits per heavy atom. The molecule has 0 atom stereocenters. The molecule has 0 aliphatic carbocycles. The molecule has 8 heteroatoms. The summed E-state index contributed by atoms with van der Waals surface area (Å²) in [5, 5.41) is 3.63. The van der Waals surface area contributed by atoms with E-state index in [1.54, 1.807) is 0 Å². The van der Waals surface area contributed by atoms with Gasteiger partial charge >= 0.3 is 5.97 Å². The molecule has 4 rings (SSSR count). The third-order valence-electron chi connectivity index (χ3n) is 4.93. The number of benzene rings is 2. The van der Waals surface area contributed by atoms with Crippen molar-refractivity contribution in [2.45, 2.75) is 6.54 Å². The van der Waals surface area contributed by atoms with Crippen molar-refractivity contribution in [1.29, 1.82) is 0 Å². The molecule has 0 spiro atoms. The van der Waals surface area contributed by atoms with Gasteiger partial charge in [0.15, 0.2) is 6.61 Å². The Balaban J connectivity index is 1.28. The van der Waals surface area contributed by atoms with Crippen molar-refractivity contribution in [3.05, 3.63) is 64.3 Å². The number of aromatic amines is 1. The fourth-order valence-electron chi connectivity index (χ4n) is 3.36. The minimum Gasteiger partial charge on any atom is -0.451 e. The van der Waals surface area contributed by atoms with E-state index in [0.717, 1.165) is 43.8 Å². The van der Waals surface area contributed by atoms with Crippen LogP contribution >= 0.6 is 15.9 Å². The molecule has 2 heterocycles. The summed E-state index contributed by atoms with van der Waals surface area (Å²) in [6.07, 6.45) is 0. The van der Waals surface area contributed by atoms with E-state index in [9.17, 15) is 9.59 Å². The van der Waals surface area contributed by atoms with Crippen molar-refractivity contribution in [3.63, 3.8) is 0 Å². The summed E-state index contributed by atoms with van der Waals surface area (Å²) in [6, 6.07) is 15.2. The van der Waals surface area contributed by atoms with Gasteiger partial charge in [0.05, 0.1) is 17.7 Å². The highest BCUT2D eigenvalue weighted by atomic mass is 79.9. The maximum Gasteiger partial charge on any atom is 0.356 e. The van der Waals surface area contributed by atoms with Crippen molar-refractivity contribution in [2.24, 2.45) is 0 Å². The highest BCUT2D eigenvalue weighted by Gasteiger charge is 2.18. The summed E-state index contributed by atoms with van der Waals surface area (Å²) in [5.74, 6) is -0.981. The average molecular weight is 472 g/mol. The van der Waals surface area contributed by atoms with Crippen LogP contribution in [0.1, 0.15) is 16.1 Å². The number of rotatable bonds is 6. The molecule has 0 saturated carbocycles. The Labute approximate surface area is 182 Å². The molecule has 0 unspecified atom stereocenters. The molecule has 30 heavy (non-hydrogen) atoms. The first kappa shape index (κ1) is 20.6. The van der Waals surface area contributed by atoms with Crippen molar-refractivity contribution in [1.82, 2.24) is 9.88 Å². The van der Waals surface area contributed by atoms with Crippen LogP contribution in [0.4, 0.5) is 5.69 Å². The van der Waals surface area contributed by atoms with E-state index in [0.29, 0.717) is 10.2 Å². The van der Waals surface area contributed by atoms with Crippen LogP contribution in [0.3, 0.4) is 0 Å². The molecule has 1 amide bonds. The van der Waals surface area contributed by atoms with Crippen molar-refractivity contribution in [3.8, 4) is 0 Å². The first-order chi connectivity index (χ1) is 14.6. The van der Waals surface area contributed by atoms with E-state index in [1.165, 1.54) is 5.56 Å². The van der Waals surface area contributed by atoms with Crippen LogP contribution in [0.2, 0.25) is 0 Å². The SMILES string of the molecule is O=C(COC(=O)c1[nH]c2ccccc2c1Br)Nc1ccc(CN2CCOCC2)cc1. The lowest BCUT2D eigenvalue weighted by molar-refractivity contribution is -0.119. The number of anilines is 1. The zero-order valence-electron chi connectivity index (χ0n) is 16.3. The maximum absolute atomic E-state index is 12.3. The predicted octanol–water partition coefficient (Wildman–Crippen LogP) is 3.56. The number of fused-ring (bicyclic) bond motifs is 1. The van der Waals surface area contributed by atoms with Gasteiger partial charge in [-0.25, -0.2) is 4.79 Å². The van der Waals surface area contributed by atoms with E-state index in [2.05, 4.69) is 31.1 Å². The zero-order valence-corrected chi connectivity index (χ0v) is 17.9. The molecule has 1 aliphatic heterocycles. The number of nitrogens with zero attached hydrogens (tertiary/aromatic N) is 1. The van der Waals surface area contributed by atoms with Gasteiger partial charge in [0.2, 0.25) is 0 Å². The Morgan fingerprint density at radius 3 is 2.57 bits per heavy atom. The number of esters is 1. The van der Waals surface area contributed by atoms with Crippen molar-refractivity contribution in [2.75, 3.05) is 38.2 Å². The van der Waals surface area contributed by atoms with Gasteiger partial charge in [0.25, 0.3) is 5.91 Å². The number of para-hydroxylation sites is 1. The Bertz CT molecular complexity index is 1040. The second-order valence-electron chi connectivity index (χ2n) is 7.07. The van der Waals surface area contributed by atoms with Crippen LogP contribution in [0.15, 0.2) is 53.0 Å². The van der Waals surface area contributed by atoms with Crippen LogP contribution in [0, 0.1) is 0 Å². The number of carbonyl (C=O) groups is 2. The fraction of sp³-hybridized carbons (Fsp3) is 0.273. The third-order valence-corrected chi connectivity index (χ3v) is 5.75. The largest absolute Gasteiger partial charge is 0.451 e. The Kier molecular flexibility index (Phi) is 6.47. The molecule has 0 radical (unpaired) electrons. The second-order valence-corrected chi connectivity index (χ2v) is 7.86. The molecule has 0 bridgehead atoms. The molecule has 1 aliphatic rings. The molecular weight excluding hydrogens is 450 g/mol. The lowest BCUT2D eigenvalue weighted by Gasteiger charge is -2.26. The smallest absolute Gasteiger partial charge is 0.356 e. The minimum atomic E-state index is -0.589. The minimum absolute atomic E-state index is 0.288. The number of halogens is 1. The number of aromatic nitrogens is 1. The zero-order chi connectivity index (χ0) is 20.9. The first-order valence-electron chi connectivity index (χ1n) is 9.72. The predicted molar refractivity (Wildman–Crippen MR) is 117 cm³/mol. The average Bonchev–Trinajstić information content (AvgIpc) is 3.11. The number of nitrogens with one attached hydrogen (secondary N) is 2. The van der Waals surface area contributed by atoms with E-state index >= 15 is 0 Å². The van der Waals surface area contributed by atoms with Gasteiger partial charge < -0.3 is 19.8 Å². The molecule has 7 nitrogen and oxygen atoms in total. The number of carbonyl (C=O) groups excluding carboxylic acids is 2. The summed E-state index contributed by atoms with van der Waals surface area (Å²) < 4.78 is 11.2. The number of amides is 1. The monoisotopic (exact) mass is 471 g/mol. The van der Waals surface area contributed by atoms with Crippen molar-refractivity contribution >= 4 is 44.4 Å². The van der Waals surface area contributed by atoms with E-state index in [1.807, 2.05) is 48.5 Å². The molecule has 3 aromatic rings. The quantitative estimate of drug-likeness (QED) is 0.537. The normalized spacial score (nSPS) is 14.6. The third kappa shape index (κ3) is 4.89. The second kappa shape index (κ2) is 9.42. The van der Waals surface area contributed by atoms with E-state index < -0.39 is 11.9 Å². The number of hydrogen-bond acceptors (Lipinski definition) is 5. The Hall–Kier alpha value is -2.68. The van der Waals surface area contributed by atoms with Crippen LogP contribution in [-0.2, 0) is 20.8 Å². The lowest BCUT2D eigenvalue weighted by Crippen LogP contribution is -2.35. The number of morpholine rings is 1. The highest BCUT2D eigenvalue weighted by molar-refractivity contribution is 9.10. The molecule has 2 aromatic carbocycles. The molecule has 2 N–H and O–H groups in total.